The topological polar surface area (TPSA) is 63.2 Å². The van der Waals surface area contributed by atoms with E-state index in [1.807, 2.05) is 13.8 Å². The summed E-state index contributed by atoms with van der Waals surface area (Å²) in [5.74, 6) is -1.13. The minimum atomic E-state index is -0.699. The third-order valence-corrected chi connectivity index (χ3v) is 2.98. The fourth-order valence-corrected chi connectivity index (χ4v) is 2.33. The molecule has 0 amide bonds. The van der Waals surface area contributed by atoms with E-state index < -0.39 is 18.0 Å². The van der Waals surface area contributed by atoms with Gasteiger partial charge in [0.1, 0.15) is 12.2 Å². The molecule has 2 fully saturated rings. The second-order valence-corrected chi connectivity index (χ2v) is 4.89. The number of fused-ring (bicyclic) bond motifs is 1. The molecule has 0 radical (unpaired) electrons. The Morgan fingerprint density at radius 1 is 1.47 bits per heavy atom. The van der Waals surface area contributed by atoms with Crippen LogP contribution >= 0.6 is 0 Å². The van der Waals surface area contributed by atoms with Crippen molar-refractivity contribution in [3.63, 3.8) is 0 Å². The maximum absolute atomic E-state index is 11.6. The first kappa shape index (κ1) is 14.5. The van der Waals surface area contributed by atoms with Crippen LogP contribution in [0.25, 0.3) is 0 Å². The minimum absolute atomic E-state index is 0.234. The monoisotopic (exact) mass is 272 g/mol. The summed E-state index contributed by atoms with van der Waals surface area (Å²) in [6.45, 7) is 6.09. The van der Waals surface area contributed by atoms with Crippen molar-refractivity contribution in [3.8, 4) is 0 Å². The van der Waals surface area contributed by atoms with Gasteiger partial charge in [-0.15, -0.1) is 0 Å². The number of hydrogen-bond donors (Lipinski definition) is 0. The van der Waals surface area contributed by atoms with E-state index in [1.54, 1.807) is 6.92 Å². The third kappa shape index (κ3) is 3.14. The quantitative estimate of drug-likeness (QED) is 0.564. The van der Waals surface area contributed by atoms with Gasteiger partial charge < -0.3 is 23.7 Å². The number of hydrogen-bond acceptors (Lipinski definition) is 6. The average Bonchev–Trinajstić information content (AvgIpc) is 2.64. The number of methoxy groups -OCH3 is 1. The zero-order chi connectivity index (χ0) is 14.0. The molecular weight excluding hydrogens is 252 g/mol. The van der Waals surface area contributed by atoms with Crippen molar-refractivity contribution in [2.45, 2.75) is 45.1 Å². The van der Waals surface area contributed by atoms with Crippen molar-refractivity contribution in [2.24, 2.45) is 0 Å². The van der Waals surface area contributed by atoms with Crippen LogP contribution < -0.4 is 0 Å². The molecular formula is C13H20O6. The fourth-order valence-electron chi connectivity index (χ4n) is 2.33. The van der Waals surface area contributed by atoms with Gasteiger partial charge in [-0.2, -0.15) is 0 Å². The third-order valence-electron chi connectivity index (χ3n) is 2.98. The summed E-state index contributed by atoms with van der Waals surface area (Å²) >= 11 is 0. The second kappa shape index (κ2) is 5.58. The molecule has 2 saturated heterocycles. The molecule has 108 valence electrons. The van der Waals surface area contributed by atoms with Gasteiger partial charge in [-0.25, -0.2) is 4.79 Å². The minimum Gasteiger partial charge on any atom is -0.463 e. The van der Waals surface area contributed by atoms with Crippen molar-refractivity contribution in [1.29, 1.82) is 0 Å². The predicted molar refractivity (Wildman–Crippen MR) is 65.3 cm³/mol. The first-order chi connectivity index (χ1) is 8.96. The molecule has 2 rings (SSSR count). The Labute approximate surface area is 112 Å². The molecule has 0 spiro atoms. The Bertz CT molecular complexity index is 375. The van der Waals surface area contributed by atoms with E-state index in [2.05, 4.69) is 0 Å². The summed E-state index contributed by atoms with van der Waals surface area (Å²) in [6.07, 6.45) is 0.183. The highest BCUT2D eigenvalue weighted by molar-refractivity contribution is 5.83. The van der Waals surface area contributed by atoms with Gasteiger partial charge in [0.05, 0.1) is 13.2 Å². The van der Waals surface area contributed by atoms with Gasteiger partial charge in [-0.05, 0) is 20.8 Å². The molecule has 6 heteroatoms. The van der Waals surface area contributed by atoms with Gasteiger partial charge in [-0.1, -0.05) is 0 Å². The standard InChI is InChI=1S/C13H20O6/c1-5-16-10(14)6-8-11-9(7-17-12(8)15-4)18-13(2,3)19-11/h6,9,11-12H,5,7H2,1-4H3/b8-6+/t9-,11+,12-/m1/s1. The van der Waals surface area contributed by atoms with Gasteiger partial charge >= 0.3 is 5.97 Å². The van der Waals surface area contributed by atoms with Crippen molar-refractivity contribution in [3.05, 3.63) is 11.6 Å². The van der Waals surface area contributed by atoms with E-state index in [4.69, 9.17) is 23.7 Å². The van der Waals surface area contributed by atoms with Crippen LogP contribution in [0, 0.1) is 0 Å². The highest BCUT2D eigenvalue weighted by Crippen LogP contribution is 2.37. The van der Waals surface area contributed by atoms with Crippen molar-refractivity contribution < 1.29 is 28.5 Å². The van der Waals surface area contributed by atoms with Crippen LogP contribution in [0.3, 0.4) is 0 Å². The summed E-state index contributed by atoms with van der Waals surface area (Å²) < 4.78 is 27.2. The lowest BCUT2D eigenvalue weighted by Gasteiger charge is -2.31. The van der Waals surface area contributed by atoms with Crippen molar-refractivity contribution >= 4 is 5.97 Å². The van der Waals surface area contributed by atoms with Crippen LogP contribution in [0.15, 0.2) is 11.6 Å². The Kier molecular flexibility index (Phi) is 4.25. The van der Waals surface area contributed by atoms with E-state index in [-0.39, 0.29) is 12.2 Å². The Morgan fingerprint density at radius 2 is 2.21 bits per heavy atom. The Hall–Kier alpha value is -0.950. The van der Waals surface area contributed by atoms with Crippen molar-refractivity contribution in [2.75, 3.05) is 20.3 Å². The summed E-state index contributed by atoms with van der Waals surface area (Å²) in [7, 11) is 1.52. The maximum Gasteiger partial charge on any atom is 0.330 e. The van der Waals surface area contributed by atoms with Crippen LogP contribution in [0.2, 0.25) is 0 Å². The molecule has 0 saturated carbocycles. The lowest BCUT2D eigenvalue weighted by atomic mass is 10.0. The second-order valence-electron chi connectivity index (χ2n) is 4.89. The molecule has 19 heavy (non-hydrogen) atoms. The molecule has 0 aromatic heterocycles. The lowest BCUT2D eigenvalue weighted by Crippen LogP contribution is -2.42. The molecule has 2 aliphatic rings. The molecule has 3 atom stereocenters. The first-order valence-corrected chi connectivity index (χ1v) is 6.35. The molecule has 0 bridgehead atoms. The number of rotatable bonds is 3. The van der Waals surface area contributed by atoms with Gasteiger partial charge in [0.15, 0.2) is 12.1 Å². The fraction of sp³-hybridized carbons (Fsp3) is 0.769. The molecule has 2 heterocycles. The van der Waals surface area contributed by atoms with Crippen LogP contribution in [0.5, 0.6) is 0 Å². The molecule has 6 nitrogen and oxygen atoms in total. The number of carbonyl (C=O) groups is 1. The van der Waals surface area contributed by atoms with Crippen LogP contribution in [0.1, 0.15) is 20.8 Å². The zero-order valence-electron chi connectivity index (χ0n) is 11.7. The number of ether oxygens (including phenoxy) is 5. The maximum atomic E-state index is 11.6. The highest BCUT2D eigenvalue weighted by atomic mass is 16.8. The van der Waals surface area contributed by atoms with Crippen LogP contribution in [-0.4, -0.2) is 50.6 Å². The van der Waals surface area contributed by atoms with Gasteiger partial charge in [0.25, 0.3) is 0 Å². The molecule has 0 unspecified atom stereocenters. The van der Waals surface area contributed by atoms with Crippen LogP contribution in [0.4, 0.5) is 0 Å². The summed E-state index contributed by atoms with van der Waals surface area (Å²) in [6, 6.07) is 0. The molecule has 0 aromatic rings. The highest BCUT2D eigenvalue weighted by Gasteiger charge is 2.48. The number of esters is 1. The van der Waals surface area contributed by atoms with E-state index in [9.17, 15) is 4.79 Å². The van der Waals surface area contributed by atoms with Gasteiger partial charge in [0, 0.05) is 18.8 Å². The number of carbonyl (C=O) groups excluding carboxylic acids is 1. The van der Waals surface area contributed by atoms with E-state index in [0.29, 0.717) is 18.8 Å². The van der Waals surface area contributed by atoms with Gasteiger partial charge in [0.2, 0.25) is 0 Å². The molecule has 0 aliphatic carbocycles. The SMILES string of the molecule is CCOC(=O)/C=C1/[C@H](OC)OC[C@H]2OC(C)(C)O[C@@H]12. The zero-order valence-corrected chi connectivity index (χ0v) is 11.7. The molecule has 0 aromatic carbocycles. The van der Waals surface area contributed by atoms with E-state index in [1.165, 1.54) is 13.2 Å². The van der Waals surface area contributed by atoms with Crippen LogP contribution in [-0.2, 0) is 28.5 Å². The normalized spacial score (nSPS) is 35.2. The molecule has 2 aliphatic heterocycles. The average molecular weight is 272 g/mol. The summed E-state index contributed by atoms with van der Waals surface area (Å²) in [4.78, 5) is 11.6. The Morgan fingerprint density at radius 3 is 2.84 bits per heavy atom. The van der Waals surface area contributed by atoms with Gasteiger partial charge in [-0.3, -0.25) is 0 Å². The summed E-state index contributed by atoms with van der Waals surface area (Å²) in [5, 5.41) is 0. The largest absolute Gasteiger partial charge is 0.463 e. The molecule has 0 N–H and O–H groups in total. The Balaban J connectivity index is 2.22. The van der Waals surface area contributed by atoms with Crippen molar-refractivity contribution in [1.82, 2.24) is 0 Å². The lowest BCUT2D eigenvalue weighted by molar-refractivity contribution is -0.158. The van der Waals surface area contributed by atoms with E-state index >= 15 is 0 Å². The first-order valence-electron chi connectivity index (χ1n) is 6.35. The van der Waals surface area contributed by atoms with E-state index in [0.717, 1.165) is 0 Å². The summed E-state index contributed by atoms with van der Waals surface area (Å²) in [5.41, 5.74) is 0.600. The smallest absolute Gasteiger partial charge is 0.330 e. The predicted octanol–water partition coefficient (Wildman–Crippen LogP) is 0.999.